The minimum Gasteiger partial charge on any atom is -0.481 e. The third-order valence-electron chi connectivity index (χ3n) is 3.42. The highest BCUT2D eigenvalue weighted by molar-refractivity contribution is 5.80. The number of hydrogen-bond acceptors (Lipinski definition) is 3. The fourth-order valence-corrected chi connectivity index (χ4v) is 2.33. The van der Waals surface area contributed by atoms with Crippen LogP contribution in [0, 0.1) is 5.92 Å². The number of amides is 1. The zero-order chi connectivity index (χ0) is 13.1. The molecule has 0 radical (unpaired) electrons. The first-order valence-electron chi connectivity index (χ1n) is 6.01. The van der Waals surface area contributed by atoms with Gasteiger partial charge in [-0.1, -0.05) is 6.07 Å². The summed E-state index contributed by atoms with van der Waals surface area (Å²) in [6.07, 6.45) is 4.43. The molecule has 5 nitrogen and oxygen atoms in total. The van der Waals surface area contributed by atoms with Crippen molar-refractivity contribution >= 4 is 11.9 Å². The molecule has 2 rings (SSSR count). The summed E-state index contributed by atoms with van der Waals surface area (Å²) in [6.45, 7) is 2.09. The molecule has 1 N–H and O–H groups in total. The van der Waals surface area contributed by atoms with Crippen LogP contribution < -0.4 is 0 Å². The maximum atomic E-state index is 11.8. The summed E-state index contributed by atoms with van der Waals surface area (Å²) in [5, 5.41) is 9.06. The Kier molecular flexibility index (Phi) is 3.60. The number of pyridine rings is 1. The number of carbonyl (C=O) groups is 2. The van der Waals surface area contributed by atoms with E-state index in [1.165, 1.54) is 0 Å². The van der Waals surface area contributed by atoms with E-state index in [1.54, 1.807) is 24.2 Å². The molecule has 1 saturated heterocycles. The SMILES string of the molecule is CC(C(=O)O)C1CCC(=O)N1Cc1cccnc1. The normalized spacial score (nSPS) is 21.1. The summed E-state index contributed by atoms with van der Waals surface area (Å²) < 4.78 is 0. The van der Waals surface area contributed by atoms with E-state index in [2.05, 4.69) is 4.98 Å². The second-order valence-corrected chi connectivity index (χ2v) is 4.62. The predicted molar refractivity (Wildman–Crippen MR) is 64.6 cm³/mol. The van der Waals surface area contributed by atoms with Gasteiger partial charge in [-0.15, -0.1) is 0 Å². The molecule has 2 unspecified atom stereocenters. The highest BCUT2D eigenvalue weighted by atomic mass is 16.4. The second-order valence-electron chi connectivity index (χ2n) is 4.62. The summed E-state index contributed by atoms with van der Waals surface area (Å²) in [6, 6.07) is 3.49. The first kappa shape index (κ1) is 12.5. The van der Waals surface area contributed by atoms with Gasteiger partial charge in [0.25, 0.3) is 0 Å². The molecule has 1 aromatic heterocycles. The monoisotopic (exact) mass is 248 g/mol. The van der Waals surface area contributed by atoms with Gasteiger partial charge in [0.1, 0.15) is 0 Å². The van der Waals surface area contributed by atoms with Crippen molar-refractivity contribution in [3.63, 3.8) is 0 Å². The van der Waals surface area contributed by atoms with E-state index in [9.17, 15) is 9.59 Å². The molecule has 2 atom stereocenters. The minimum atomic E-state index is -0.856. The summed E-state index contributed by atoms with van der Waals surface area (Å²) >= 11 is 0. The molecular formula is C13H16N2O3. The highest BCUT2D eigenvalue weighted by Crippen LogP contribution is 2.26. The van der Waals surface area contributed by atoms with Crippen LogP contribution in [0.3, 0.4) is 0 Å². The van der Waals surface area contributed by atoms with Gasteiger partial charge in [-0.2, -0.15) is 0 Å². The Hall–Kier alpha value is -1.91. The molecule has 0 aliphatic carbocycles. The zero-order valence-electron chi connectivity index (χ0n) is 10.2. The van der Waals surface area contributed by atoms with E-state index in [4.69, 9.17) is 5.11 Å². The number of aromatic nitrogens is 1. The lowest BCUT2D eigenvalue weighted by Gasteiger charge is -2.27. The highest BCUT2D eigenvalue weighted by Gasteiger charge is 2.37. The minimum absolute atomic E-state index is 0.0250. The second kappa shape index (κ2) is 5.16. The van der Waals surface area contributed by atoms with Crippen molar-refractivity contribution in [2.75, 3.05) is 0 Å². The van der Waals surface area contributed by atoms with Crippen molar-refractivity contribution in [2.24, 2.45) is 5.92 Å². The first-order chi connectivity index (χ1) is 8.59. The quantitative estimate of drug-likeness (QED) is 0.871. The van der Waals surface area contributed by atoms with Crippen molar-refractivity contribution < 1.29 is 14.7 Å². The van der Waals surface area contributed by atoms with Crippen molar-refractivity contribution in [2.45, 2.75) is 32.4 Å². The number of carboxylic acid groups (broad SMARTS) is 1. The molecule has 2 heterocycles. The predicted octanol–water partition coefficient (Wildman–Crippen LogP) is 1.29. The number of hydrogen-bond donors (Lipinski definition) is 1. The van der Waals surface area contributed by atoms with Crippen LogP contribution in [0.4, 0.5) is 0 Å². The van der Waals surface area contributed by atoms with Crippen LogP contribution in [0.1, 0.15) is 25.3 Å². The Bertz CT molecular complexity index is 447. The molecule has 0 bridgehead atoms. The maximum absolute atomic E-state index is 11.8. The van der Waals surface area contributed by atoms with Gasteiger partial charge in [0.2, 0.25) is 5.91 Å². The average Bonchev–Trinajstić information content (AvgIpc) is 2.71. The number of rotatable bonds is 4. The van der Waals surface area contributed by atoms with Gasteiger partial charge in [-0.05, 0) is 25.0 Å². The number of aliphatic carboxylic acids is 1. The molecular weight excluding hydrogens is 232 g/mol. The number of likely N-dealkylation sites (tertiary alicyclic amines) is 1. The summed E-state index contributed by atoms with van der Waals surface area (Å²) in [5.74, 6) is -1.36. The fraction of sp³-hybridized carbons (Fsp3) is 0.462. The Morgan fingerprint density at radius 3 is 3.06 bits per heavy atom. The maximum Gasteiger partial charge on any atom is 0.308 e. The molecule has 0 saturated carbocycles. The van der Waals surface area contributed by atoms with Crippen molar-refractivity contribution in [1.82, 2.24) is 9.88 Å². The molecule has 1 aromatic rings. The van der Waals surface area contributed by atoms with Crippen molar-refractivity contribution in [3.05, 3.63) is 30.1 Å². The van der Waals surface area contributed by atoms with Gasteiger partial charge in [0, 0.05) is 31.4 Å². The van der Waals surface area contributed by atoms with Gasteiger partial charge in [-0.3, -0.25) is 14.6 Å². The Labute approximate surface area is 105 Å². The topological polar surface area (TPSA) is 70.5 Å². The molecule has 0 aromatic carbocycles. The Morgan fingerprint density at radius 2 is 2.44 bits per heavy atom. The van der Waals surface area contributed by atoms with E-state index in [0.29, 0.717) is 19.4 Å². The van der Waals surface area contributed by atoms with Crippen LogP contribution in [0.25, 0.3) is 0 Å². The van der Waals surface area contributed by atoms with Crippen LogP contribution in [0.15, 0.2) is 24.5 Å². The summed E-state index contributed by atoms with van der Waals surface area (Å²) in [5.41, 5.74) is 0.926. The average molecular weight is 248 g/mol. The van der Waals surface area contributed by atoms with Gasteiger partial charge >= 0.3 is 5.97 Å². The standard InChI is InChI=1S/C13H16N2O3/c1-9(13(17)18)11-4-5-12(16)15(11)8-10-3-2-6-14-7-10/h2-3,6-7,9,11H,4-5,8H2,1H3,(H,17,18). The van der Waals surface area contributed by atoms with Crippen LogP contribution in [-0.4, -0.2) is 32.9 Å². The number of nitrogens with zero attached hydrogens (tertiary/aromatic N) is 2. The van der Waals surface area contributed by atoms with E-state index in [-0.39, 0.29) is 11.9 Å². The van der Waals surface area contributed by atoms with E-state index in [1.807, 2.05) is 12.1 Å². The lowest BCUT2D eigenvalue weighted by Crippen LogP contribution is -2.39. The lowest BCUT2D eigenvalue weighted by molar-refractivity contribution is -0.144. The molecule has 1 aliphatic rings. The van der Waals surface area contributed by atoms with Gasteiger partial charge < -0.3 is 10.0 Å². The van der Waals surface area contributed by atoms with Gasteiger partial charge in [0.15, 0.2) is 0 Å². The summed E-state index contributed by atoms with van der Waals surface area (Å²) in [4.78, 5) is 28.5. The molecule has 0 spiro atoms. The Morgan fingerprint density at radius 1 is 1.67 bits per heavy atom. The Balaban J connectivity index is 2.13. The number of carboxylic acids is 1. The molecule has 1 fully saturated rings. The molecule has 1 aliphatic heterocycles. The van der Waals surface area contributed by atoms with Gasteiger partial charge in [0.05, 0.1) is 5.92 Å². The van der Waals surface area contributed by atoms with E-state index in [0.717, 1.165) is 5.56 Å². The van der Waals surface area contributed by atoms with Crippen LogP contribution in [0.2, 0.25) is 0 Å². The zero-order valence-corrected chi connectivity index (χ0v) is 10.2. The molecule has 18 heavy (non-hydrogen) atoms. The first-order valence-corrected chi connectivity index (χ1v) is 6.01. The fourth-order valence-electron chi connectivity index (χ4n) is 2.33. The molecule has 5 heteroatoms. The van der Waals surface area contributed by atoms with Crippen LogP contribution >= 0.6 is 0 Å². The largest absolute Gasteiger partial charge is 0.481 e. The number of carbonyl (C=O) groups excluding carboxylic acids is 1. The molecule has 96 valence electrons. The van der Waals surface area contributed by atoms with Gasteiger partial charge in [-0.25, -0.2) is 0 Å². The van der Waals surface area contributed by atoms with Crippen LogP contribution in [-0.2, 0) is 16.1 Å². The van der Waals surface area contributed by atoms with Crippen LogP contribution in [0.5, 0.6) is 0 Å². The van der Waals surface area contributed by atoms with Crippen molar-refractivity contribution in [3.8, 4) is 0 Å². The third kappa shape index (κ3) is 2.50. The smallest absolute Gasteiger partial charge is 0.308 e. The van der Waals surface area contributed by atoms with Crippen molar-refractivity contribution in [1.29, 1.82) is 0 Å². The summed E-state index contributed by atoms with van der Waals surface area (Å²) in [7, 11) is 0. The molecule has 1 amide bonds. The lowest BCUT2D eigenvalue weighted by atomic mass is 9.99. The van der Waals surface area contributed by atoms with E-state index >= 15 is 0 Å². The van der Waals surface area contributed by atoms with E-state index < -0.39 is 11.9 Å². The third-order valence-corrected chi connectivity index (χ3v) is 3.42.